The maximum atomic E-state index is 6.22. The minimum atomic E-state index is 0.0934. The summed E-state index contributed by atoms with van der Waals surface area (Å²) >= 11 is 6.22. The average Bonchev–Trinajstić information content (AvgIpc) is 2.85. The Morgan fingerprint density at radius 2 is 1.32 bits per heavy atom. The molecule has 1 unspecified atom stereocenters. The number of hydrogen-bond donors (Lipinski definition) is 0. The molecule has 0 N–H and O–H groups in total. The summed E-state index contributed by atoms with van der Waals surface area (Å²) < 4.78 is 0. The summed E-state index contributed by atoms with van der Waals surface area (Å²) in [7, 11) is 0. The second kappa shape index (κ2) is 8.66. The molecule has 1 aliphatic rings. The molecule has 3 aromatic carbocycles. The highest BCUT2D eigenvalue weighted by Crippen LogP contribution is 2.31. The minimum absolute atomic E-state index is 0.0934. The predicted octanol–water partition coefficient (Wildman–Crippen LogP) is 6.99. The van der Waals surface area contributed by atoms with Crippen molar-refractivity contribution in [1.82, 2.24) is 15.0 Å². The van der Waals surface area contributed by atoms with Crippen molar-refractivity contribution in [3.05, 3.63) is 120 Å². The first-order chi connectivity index (χ1) is 15.3. The Kier molecular flexibility index (Phi) is 5.42. The lowest BCUT2D eigenvalue weighted by Gasteiger charge is -2.17. The van der Waals surface area contributed by atoms with Crippen LogP contribution in [0.4, 0.5) is 0 Å². The number of nitrogens with zero attached hydrogens (tertiary/aromatic N) is 3. The van der Waals surface area contributed by atoms with E-state index >= 15 is 0 Å². The van der Waals surface area contributed by atoms with Gasteiger partial charge in [0.25, 0.3) is 0 Å². The zero-order valence-corrected chi connectivity index (χ0v) is 17.6. The molecule has 0 fully saturated rings. The summed E-state index contributed by atoms with van der Waals surface area (Å²) in [5.74, 6) is 2.17. The van der Waals surface area contributed by atoms with Crippen LogP contribution < -0.4 is 0 Å². The number of rotatable bonds is 4. The minimum Gasteiger partial charge on any atom is -0.212 e. The number of halogens is 1. The van der Waals surface area contributed by atoms with Gasteiger partial charge >= 0.3 is 0 Å². The van der Waals surface area contributed by atoms with E-state index in [1.807, 2.05) is 60.7 Å². The predicted molar refractivity (Wildman–Crippen MR) is 127 cm³/mol. The van der Waals surface area contributed by atoms with E-state index in [9.17, 15) is 0 Å². The molecule has 0 spiro atoms. The van der Waals surface area contributed by atoms with E-state index < -0.39 is 0 Å². The van der Waals surface area contributed by atoms with Crippen molar-refractivity contribution in [1.29, 1.82) is 0 Å². The van der Waals surface area contributed by atoms with E-state index in [1.165, 1.54) is 11.1 Å². The van der Waals surface area contributed by atoms with Gasteiger partial charge in [-0.25, -0.2) is 15.0 Å². The van der Waals surface area contributed by atoms with Crippen molar-refractivity contribution in [3.8, 4) is 22.8 Å². The molecule has 4 aromatic rings. The van der Waals surface area contributed by atoms with Crippen molar-refractivity contribution in [2.24, 2.45) is 0 Å². The molecule has 3 nitrogen and oxygen atoms in total. The van der Waals surface area contributed by atoms with Gasteiger partial charge in [-0.3, -0.25) is 0 Å². The van der Waals surface area contributed by atoms with Crippen molar-refractivity contribution in [2.75, 3.05) is 0 Å². The van der Waals surface area contributed by atoms with E-state index in [0.29, 0.717) is 16.7 Å². The summed E-state index contributed by atoms with van der Waals surface area (Å²) in [4.78, 5) is 14.4. The standard InChI is InChI=1S/C27H20ClN3/c28-24-13-7-12-23(18-24)27-30-25(21-10-5-2-6-11-21)29-26(31-27)22-16-14-20(15-17-22)19-8-3-1-4-9-19/h1-16,18,22H,17H2. The fourth-order valence-electron chi connectivity index (χ4n) is 3.69. The molecule has 1 aliphatic carbocycles. The Morgan fingerprint density at radius 1 is 0.677 bits per heavy atom. The SMILES string of the molecule is Clc1cccc(-c2nc(-c3ccccc3)nc(C3C=CC(c4ccccc4)=CC3)n2)c1. The largest absolute Gasteiger partial charge is 0.212 e. The molecule has 5 rings (SSSR count). The number of allylic oxidation sites excluding steroid dienone is 4. The second-order valence-electron chi connectivity index (χ2n) is 7.44. The highest BCUT2D eigenvalue weighted by atomic mass is 35.5. The normalized spacial score (nSPS) is 15.5. The molecule has 1 atom stereocenters. The molecule has 0 radical (unpaired) electrons. The fraction of sp³-hybridized carbons (Fsp3) is 0.0741. The summed E-state index contributed by atoms with van der Waals surface area (Å²) in [5, 5.41) is 0.661. The smallest absolute Gasteiger partial charge is 0.163 e. The third-order valence-corrected chi connectivity index (χ3v) is 5.54. The Bertz CT molecular complexity index is 1260. The fourth-order valence-corrected chi connectivity index (χ4v) is 3.88. The zero-order valence-electron chi connectivity index (χ0n) is 16.8. The molecule has 1 aromatic heterocycles. The van der Waals surface area contributed by atoms with Gasteiger partial charge in [0.05, 0.1) is 0 Å². The van der Waals surface area contributed by atoms with Crippen LogP contribution in [0.3, 0.4) is 0 Å². The molecule has 0 saturated heterocycles. The van der Waals surface area contributed by atoms with Gasteiger partial charge in [-0.05, 0) is 29.7 Å². The van der Waals surface area contributed by atoms with Crippen LogP contribution in [0, 0.1) is 0 Å². The van der Waals surface area contributed by atoms with Gasteiger partial charge < -0.3 is 0 Å². The highest BCUT2D eigenvalue weighted by Gasteiger charge is 2.18. The molecule has 0 bridgehead atoms. The van der Waals surface area contributed by atoms with E-state index in [-0.39, 0.29) is 5.92 Å². The lowest BCUT2D eigenvalue weighted by Crippen LogP contribution is -2.08. The van der Waals surface area contributed by atoms with Crippen molar-refractivity contribution in [3.63, 3.8) is 0 Å². The Labute approximate surface area is 186 Å². The first kappa shape index (κ1) is 19.4. The zero-order chi connectivity index (χ0) is 21.0. The van der Waals surface area contributed by atoms with Crippen molar-refractivity contribution >= 4 is 17.2 Å². The van der Waals surface area contributed by atoms with E-state index in [4.69, 9.17) is 26.6 Å². The van der Waals surface area contributed by atoms with Crippen LogP contribution in [-0.4, -0.2) is 15.0 Å². The molecule has 0 amide bonds. The summed E-state index contributed by atoms with van der Waals surface area (Å²) in [6.07, 6.45) is 7.45. The molecular weight excluding hydrogens is 402 g/mol. The molecule has 1 heterocycles. The van der Waals surface area contributed by atoms with Gasteiger partial charge in [0.15, 0.2) is 11.6 Å². The third-order valence-electron chi connectivity index (χ3n) is 5.31. The maximum Gasteiger partial charge on any atom is 0.163 e. The quantitative estimate of drug-likeness (QED) is 0.356. The first-order valence-electron chi connectivity index (χ1n) is 10.3. The highest BCUT2D eigenvalue weighted by molar-refractivity contribution is 6.30. The van der Waals surface area contributed by atoms with Gasteiger partial charge in [0.2, 0.25) is 0 Å². The first-order valence-corrected chi connectivity index (χ1v) is 10.7. The Hall–Kier alpha value is -3.56. The van der Waals surface area contributed by atoms with Crippen LogP contribution in [0.25, 0.3) is 28.3 Å². The number of hydrogen-bond acceptors (Lipinski definition) is 3. The van der Waals surface area contributed by atoms with Gasteiger partial charge in [-0.15, -0.1) is 0 Å². The molecule has 4 heteroatoms. The molecule has 31 heavy (non-hydrogen) atoms. The van der Waals surface area contributed by atoms with E-state index in [1.54, 1.807) is 0 Å². The van der Waals surface area contributed by atoms with Gasteiger partial charge in [-0.2, -0.15) is 0 Å². The lowest BCUT2D eigenvalue weighted by molar-refractivity contribution is 0.766. The van der Waals surface area contributed by atoms with Crippen LogP contribution >= 0.6 is 11.6 Å². The van der Waals surface area contributed by atoms with Crippen LogP contribution in [0.15, 0.2) is 103 Å². The molecular formula is C27H20ClN3. The Morgan fingerprint density at radius 3 is 1.97 bits per heavy atom. The van der Waals surface area contributed by atoms with Crippen LogP contribution in [0.5, 0.6) is 0 Å². The molecule has 150 valence electrons. The average molecular weight is 422 g/mol. The summed E-state index contributed by atoms with van der Waals surface area (Å²) in [6, 6.07) is 28.1. The van der Waals surface area contributed by atoms with E-state index in [2.05, 4.69) is 42.5 Å². The maximum absolute atomic E-state index is 6.22. The topological polar surface area (TPSA) is 38.7 Å². The van der Waals surface area contributed by atoms with Gasteiger partial charge in [0.1, 0.15) is 5.82 Å². The lowest BCUT2D eigenvalue weighted by atomic mass is 9.92. The Balaban J connectivity index is 1.53. The molecule has 0 saturated carbocycles. The van der Waals surface area contributed by atoms with E-state index in [0.717, 1.165) is 23.4 Å². The molecule has 0 aliphatic heterocycles. The second-order valence-corrected chi connectivity index (χ2v) is 7.88. The van der Waals surface area contributed by atoms with Gasteiger partial charge in [0, 0.05) is 22.1 Å². The van der Waals surface area contributed by atoms with Crippen LogP contribution in [0.2, 0.25) is 5.02 Å². The summed E-state index contributed by atoms with van der Waals surface area (Å²) in [6.45, 7) is 0. The van der Waals surface area contributed by atoms with Crippen LogP contribution in [0.1, 0.15) is 23.7 Å². The summed E-state index contributed by atoms with van der Waals surface area (Å²) in [5.41, 5.74) is 4.30. The monoisotopic (exact) mass is 421 g/mol. The number of aromatic nitrogens is 3. The van der Waals surface area contributed by atoms with Crippen LogP contribution in [-0.2, 0) is 0 Å². The van der Waals surface area contributed by atoms with Crippen molar-refractivity contribution < 1.29 is 0 Å². The van der Waals surface area contributed by atoms with Gasteiger partial charge in [-0.1, -0.05) is 103 Å². The number of benzene rings is 3. The van der Waals surface area contributed by atoms with Crippen molar-refractivity contribution in [2.45, 2.75) is 12.3 Å². The third kappa shape index (κ3) is 4.32.